The lowest BCUT2D eigenvalue weighted by Gasteiger charge is -2.36. The lowest BCUT2D eigenvalue weighted by Crippen LogP contribution is -2.44. The van der Waals surface area contributed by atoms with Crippen molar-refractivity contribution in [3.8, 4) is 11.5 Å². The quantitative estimate of drug-likeness (QED) is 0.128. The average Bonchev–Trinajstić information content (AvgIpc) is 3.12. The molecule has 334 valence electrons. The van der Waals surface area contributed by atoms with Gasteiger partial charge in [0.1, 0.15) is 29.3 Å². The number of aliphatic carboxylic acids is 1. The van der Waals surface area contributed by atoms with Gasteiger partial charge in [0.15, 0.2) is 8.32 Å². The van der Waals surface area contributed by atoms with E-state index in [1.54, 1.807) is 29.2 Å². The zero-order valence-corrected chi connectivity index (χ0v) is 36.2. The standard InChI is InChI=1S/C24H41NO4Si.C15H18F3NO3.C2HF3O2/c1-23(2,3)29-22(26)25-16-13-21(14-17-25)28-20-11-9-19(10-12-20)15-18-27-30(7,8)24(4,5)6;16-15(17,18)14(20)21-10-7-11-1-3-12(4-2-11)22-13-5-8-19-9-6-13;3-2(4,5)1(6)7/h9-12,21H,13-18H2,1-8H3;1-4,13,19H,5-10H2;(H,6,7). The Morgan fingerprint density at radius 1 is 0.712 bits per heavy atom. The Morgan fingerprint density at radius 2 is 1.14 bits per heavy atom. The van der Waals surface area contributed by atoms with E-state index in [4.69, 9.17) is 28.5 Å². The van der Waals surface area contributed by atoms with Gasteiger partial charge in [-0.15, -0.1) is 0 Å². The molecule has 2 fully saturated rings. The van der Waals surface area contributed by atoms with Crippen LogP contribution >= 0.6 is 0 Å². The summed E-state index contributed by atoms with van der Waals surface area (Å²) < 4.78 is 95.5. The third-order valence-corrected chi connectivity index (χ3v) is 14.1. The van der Waals surface area contributed by atoms with Crippen LogP contribution in [0.4, 0.5) is 31.1 Å². The number of halogens is 6. The minimum absolute atomic E-state index is 0.136. The van der Waals surface area contributed by atoms with E-state index in [9.17, 15) is 35.9 Å². The number of piperidine rings is 2. The number of carboxylic acid groups (broad SMARTS) is 1. The molecule has 1 amide bonds. The predicted octanol–water partition coefficient (Wildman–Crippen LogP) is 9.13. The maximum Gasteiger partial charge on any atom is 0.490 e. The van der Waals surface area contributed by atoms with E-state index in [2.05, 4.69) is 56.1 Å². The topological polar surface area (TPSA) is 133 Å². The van der Waals surface area contributed by atoms with Crippen molar-refractivity contribution in [3.63, 3.8) is 0 Å². The molecule has 2 aromatic carbocycles. The number of amides is 1. The van der Waals surface area contributed by atoms with Crippen molar-refractivity contribution in [3.05, 3.63) is 59.7 Å². The summed E-state index contributed by atoms with van der Waals surface area (Å²) in [6.45, 7) is 20.7. The number of nitrogens with one attached hydrogen (secondary N) is 1. The number of carbonyl (C=O) groups excluding carboxylic acids is 2. The highest BCUT2D eigenvalue weighted by atomic mass is 28.4. The third kappa shape index (κ3) is 20.2. The molecule has 2 N–H and O–H groups in total. The smallest absolute Gasteiger partial charge is 0.490 e. The highest BCUT2D eigenvalue weighted by Crippen LogP contribution is 2.36. The van der Waals surface area contributed by atoms with E-state index in [-0.39, 0.29) is 36.4 Å². The van der Waals surface area contributed by atoms with Gasteiger partial charge in [-0.2, -0.15) is 26.3 Å². The monoisotopic (exact) mass is 866 g/mol. The van der Waals surface area contributed by atoms with Crippen LogP contribution < -0.4 is 14.8 Å². The van der Waals surface area contributed by atoms with Crippen LogP contribution in [0.5, 0.6) is 11.5 Å². The van der Waals surface area contributed by atoms with Crippen molar-refractivity contribution in [2.45, 2.75) is 128 Å². The number of carboxylic acids is 1. The van der Waals surface area contributed by atoms with Gasteiger partial charge in [0.05, 0.1) is 6.61 Å². The summed E-state index contributed by atoms with van der Waals surface area (Å²) in [5.74, 6) is -3.28. The average molecular weight is 867 g/mol. The zero-order valence-electron chi connectivity index (χ0n) is 35.2. The van der Waals surface area contributed by atoms with E-state index < -0.39 is 38.2 Å². The van der Waals surface area contributed by atoms with Crippen LogP contribution in [-0.4, -0.2) is 106 Å². The molecule has 4 rings (SSSR count). The second-order valence-corrected chi connectivity index (χ2v) is 21.5. The lowest BCUT2D eigenvalue weighted by molar-refractivity contribution is -0.199. The molecule has 0 radical (unpaired) electrons. The van der Waals surface area contributed by atoms with Gasteiger partial charge in [-0.1, -0.05) is 45.0 Å². The number of rotatable bonds is 11. The summed E-state index contributed by atoms with van der Waals surface area (Å²) in [7, 11) is -1.69. The van der Waals surface area contributed by atoms with Gasteiger partial charge in [0.2, 0.25) is 0 Å². The van der Waals surface area contributed by atoms with Gasteiger partial charge in [-0.3, -0.25) is 0 Å². The van der Waals surface area contributed by atoms with E-state index in [0.29, 0.717) is 13.1 Å². The van der Waals surface area contributed by atoms with Crippen molar-refractivity contribution in [1.29, 1.82) is 0 Å². The SMILES string of the molecule is CC(C)(C)OC(=O)N1CCC(Oc2ccc(CCO[Si](C)(C)C(C)(C)C)cc2)CC1.O=C(O)C(F)(F)F.O=C(OCCc1ccc(OC2CCNCC2)cc1)C(F)(F)F. The third-order valence-electron chi connectivity index (χ3n) is 9.59. The van der Waals surface area contributed by atoms with Crippen LogP contribution in [-0.2, 0) is 36.3 Å². The molecule has 0 spiro atoms. The number of alkyl halides is 6. The van der Waals surface area contributed by atoms with Crippen molar-refractivity contribution >= 4 is 26.3 Å². The Morgan fingerprint density at radius 3 is 1.53 bits per heavy atom. The van der Waals surface area contributed by atoms with Crippen LogP contribution in [0.1, 0.15) is 78.4 Å². The molecule has 11 nitrogen and oxygen atoms in total. The first kappa shape index (κ1) is 51.1. The molecule has 0 bridgehead atoms. The zero-order chi connectivity index (χ0) is 44.7. The van der Waals surface area contributed by atoms with Gasteiger partial charge in [-0.25, -0.2) is 14.4 Å². The second kappa shape index (κ2) is 22.5. The van der Waals surface area contributed by atoms with Gasteiger partial charge in [0.25, 0.3) is 0 Å². The van der Waals surface area contributed by atoms with Crippen molar-refractivity contribution in [2.75, 3.05) is 39.4 Å². The van der Waals surface area contributed by atoms with Gasteiger partial charge < -0.3 is 38.7 Å². The van der Waals surface area contributed by atoms with E-state index in [1.807, 2.05) is 32.9 Å². The molecule has 2 aliphatic heterocycles. The Labute approximate surface area is 344 Å². The summed E-state index contributed by atoms with van der Waals surface area (Å²) in [6, 6.07) is 15.4. The van der Waals surface area contributed by atoms with E-state index >= 15 is 0 Å². The molecule has 2 aromatic rings. The predicted molar refractivity (Wildman–Crippen MR) is 212 cm³/mol. The molecule has 0 atom stereocenters. The van der Waals surface area contributed by atoms with Crippen LogP contribution in [0.3, 0.4) is 0 Å². The fourth-order valence-corrected chi connectivity index (χ4v) is 6.28. The maximum absolute atomic E-state index is 12.2. The maximum atomic E-state index is 12.2. The van der Waals surface area contributed by atoms with Crippen LogP contribution in [0.2, 0.25) is 18.1 Å². The van der Waals surface area contributed by atoms with E-state index in [1.165, 1.54) is 5.56 Å². The van der Waals surface area contributed by atoms with Crippen LogP contribution in [0, 0.1) is 0 Å². The number of likely N-dealkylation sites (tertiary alicyclic amines) is 1. The summed E-state index contributed by atoms with van der Waals surface area (Å²) in [4.78, 5) is 33.4. The number of ether oxygens (including phenoxy) is 4. The van der Waals surface area contributed by atoms with Crippen LogP contribution in [0.15, 0.2) is 48.5 Å². The van der Waals surface area contributed by atoms with E-state index in [0.717, 1.165) is 68.9 Å². The summed E-state index contributed by atoms with van der Waals surface area (Å²) in [5.41, 5.74) is 1.59. The lowest BCUT2D eigenvalue weighted by atomic mass is 10.1. The fourth-order valence-electron chi connectivity index (χ4n) is 5.23. The number of hydrogen-bond donors (Lipinski definition) is 2. The van der Waals surface area contributed by atoms with Crippen molar-refractivity contribution < 1.29 is 69.2 Å². The summed E-state index contributed by atoms with van der Waals surface area (Å²) in [6.07, 6.45) is -5.22. The fraction of sp³-hybridized carbons (Fsp3) is 0.634. The van der Waals surface area contributed by atoms with Gasteiger partial charge >= 0.3 is 30.4 Å². The number of nitrogens with zero attached hydrogens (tertiary/aromatic N) is 1. The molecular weight excluding hydrogens is 807 g/mol. The number of carbonyl (C=O) groups is 3. The van der Waals surface area contributed by atoms with Gasteiger partial charge in [-0.05, 0) is 107 Å². The molecular formula is C41H60F6N2O9Si. The Balaban J connectivity index is 0.000000361. The van der Waals surface area contributed by atoms with Crippen molar-refractivity contribution in [1.82, 2.24) is 10.2 Å². The number of benzene rings is 2. The Kier molecular flexibility index (Phi) is 19.5. The largest absolute Gasteiger partial charge is 0.490 e. The Hall–Kier alpha value is -4.03. The molecule has 2 saturated heterocycles. The molecule has 2 heterocycles. The second-order valence-electron chi connectivity index (χ2n) is 16.7. The van der Waals surface area contributed by atoms with Crippen molar-refractivity contribution in [2.24, 2.45) is 0 Å². The normalized spacial score (nSPS) is 15.8. The minimum Gasteiger partial charge on any atom is -0.490 e. The molecule has 59 heavy (non-hydrogen) atoms. The first-order valence-electron chi connectivity index (χ1n) is 19.5. The Bertz CT molecular complexity index is 1580. The first-order chi connectivity index (χ1) is 27.2. The highest BCUT2D eigenvalue weighted by Gasteiger charge is 2.41. The molecule has 0 unspecified atom stereocenters. The van der Waals surface area contributed by atoms with Crippen LogP contribution in [0.25, 0.3) is 0 Å². The number of hydrogen-bond acceptors (Lipinski definition) is 9. The highest BCUT2D eigenvalue weighted by molar-refractivity contribution is 6.74. The van der Waals surface area contributed by atoms with Gasteiger partial charge in [0, 0.05) is 39.0 Å². The first-order valence-corrected chi connectivity index (χ1v) is 22.4. The summed E-state index contributed by atoms with van der Waals surface area (Å²) in [5, 5.41) is 10.6. The molecule has 2 aliphatic rings. The molecule has 18 heteroatoms. The molecule has 0 aromatic heterocycles. The summed E-state index contributed by atoms with van der Waals surface area (Å²) >= 11 is 0. The minimum atomic E-state index is -5.08. The molecule has 0 aliphatic carbocycles. The number of esters is 1. The molecule has 0 saturated carbocycles.